The molecule has 108 valence electrons. The number of rotatable bonds is 7. The van der Waals surface area contributed by atoms with Crippen molar-refractivity contribution in [1.29, 1.82) is 0 Å². The standard InChI is InChI=1S/C18H36/c1-14(2)7-6-8-15(3)10-12-18-13-16(4)9-11-17(18)5/h14-18H,6-13H2,1-5H3/t15-,16+,17-,18+/m0/s1. The first-order valence-electron chi connectivity index (χ1n) is 8.49. The second-order valence-electron chi connectivity index (χ2n) is 7.66. The third kappa shape index (κ3) is 6.25. The Balaban J connectivity index is 2.14. The van der Waals surface area contributed by atoms with E-state index in [9.17, 15) is 0 Å². The Bertz CT molecular complexity index is 206. The summed E-state index contributed by atoms with van der Waals surface area (Å²) in [6.45, 7) is 12.1. The van der Waals surface area contributed by atoms with Gasteiger partial charge in [-0.3, -0.25) is 0 Å². The lowest BCUT2D eigenvalue weighted by Gasteiger charge is -2.33. The zero-order valence-electron chi connectivity index (χ0n) is 13.5. The Morgan fingerprint density at radius 2 is 1.67 bits per heavy atom. The highest BCUT2D eigenvalue weighted by atomic mass is 14.3. The lowest BCUT2D eigenvalue weighted by atomic mass is 9.73. The van der Waals surface area contributed by atoms with Crippen LogP contribution in [0, 0.1) is 29.6 Å². The van der Waals surface area contributed by atoms with Crippen LogP contribution in [0.4, 0.5) is 0 Å². The second-order valence-corrected chi connectivity index (χ2v) is 7.66. The van der Waals surface area contributed by atoms with Crippen molar-refractivity contribution < 1.29 is 0 Å². The van der Waals surface area contributed by atoms with E-state index in [2.05, 4.69) is 34.6 Å². The summed E-state index contributed by atoms with van der Waals surface area (Å²) < 4.78 is 0. The van der Waals surface area contributed by atoms with Crippen LogP contribution in [0.25, 0.3) is 0 Å². The molecule has 1 fully saturated rings. The van der Waals surface area contributed by atoms with Gasteiger partial charge in [0.15, 0.2) is 0 Å². The van der Waals surface area contributed by atoms with Crippen LogP contribution in [0.5, 0.6) is 0 Å². The lowest BCUT2D eigenvalue weighted by molar-refractivity contribution is 0.182. The van der Waals surface area contributed by atoms with E-state index >= 15 is 0 Å². The van der Waals surface area contributed by atoms with Crippen molar-refractivity contribution in [1.82, 2.24) is 0 Å². The molecule has 0 aromatic carbocycles. The van der Waals surface area contributed by atoms with E-state index in [0.29, 0.717) is 0 Å². The molecular formula is C18H36. The minimum atomic E-state index is 0.886. The zero-order valence-corrected chi connectivity index (χ0v) is 13.5. The molecule has 4 atom stereocenters. The van der Waals surface area contributed by atoms with Gasteiger partial charge in [0.25, 0.3) is 0 Å². The van der Waals surface area contributed by atoms with E-state index in [1.54, 1.807) is 0 Å². The van der Waals surface area contributed by atoms with Crippen LogP contribution in [-0.4, -0.2) is 0 Å². The van der Waals surface area contributed by atoms with Gasteiger partial charge in [0.05, 0.1) is 0 Å². The van der Waals surface area contributed by atoms with E-state index in [0.717, 1.165) is 29.6 Å². The van der Waals surface area contributed by atoms with Gasteiger partial charge in [-0.1, -0.05) is 73.1 Å². The van der Waals surface area contributed by atoms with Crippen LogP contribution in [0.2, 0.25) is 0 Å². The quantitative estimate of drug-likeness (QED) is 0.498. The maximum absolute atomic E-state index is 2.49. The molecule has 18 heavy (non-hydrogen) atoms. The fourth-order valence-corrected chi connectivity index (χ4v) is 3.57. The third-order valence-electron chi connectivity index (χ3n) is 5.13. The average Bonchev–Trinajstić information content (AvgIpc) is 2.30. The molecule has 0 heterocycles. The summed E-state index contributed by atoms with van der Waals surface area (Å²) in [4.78, 5) is 0. The molecule has 0 aromatic heterocycles. The monoisotopic (exact) mass is 252 g/mol. The fourth-order valence-electron chi connectivity index (χ4n) is 3.57. The van der Waals surface area contributed by atoms with Gasteiger partial charge in [-0.15, -0.1) is 0 Å². The molecule has 0 amide bonds. The van der Waals surface area contributed by atoms with Gasteiger partial charge in [-0.2, -0.15) is 0 Å². The molecule has 0 aliphatic heterocycles. The highest BCUT2D eigenvalue weighted by molar-refractivity contribution is 4.76. The maximum atomic E-state index is 2.49. The fraction of sp³-hybridized carbons (Fsp3) is 1.00. The van der Waals surface area contributed by atoms with Crippen molar-refractivity contribution in [3.05, 3.63) is 0 Å². The summed E-state index contributed by atoms with van der Waals surface area (Å²) in [5.74, 6) is 4.84. The highest BCUT2D eigenvalue weighted by Gasteiger charge is 2.25. The molecule has 1 aliphatic rings. The van der Waals surface area contributed by atoms with Crippen molar-refractivity contribution in [2.45, 2.75) is 86.0 Å². The zero-order chi connectivity index (χ0) is 13.5. The van der Waals surface area contributed by atoms with Crippen LogP contribution in [0.1, 0.15) is 86.0 Å². The number of hydrogen-bond acceptors (Lipinski definition) is 0. The molecule has 0 nitrogen and oxygen atoms in total. The molecule has 0 unspecified atom stereocenters. The molecule has 0 aromatic rings. The molecule has 1 saturated carbocycles. The summed E-state index contributed by atoms with van der Waals surface area (Å²) in [7, 11) is 0. The van der Waals surface area contributed by atoms with Crippen LogP contribution in [0.15, 0.2) is 0 Å². The minimum absolute atomic E-state index is 0.886. The molecule has 0 heteroatoms. The Morgan fingerprint density at radius 3 is 2.33 bits per heavy atom. The van der Waals surface area contributed by atoms with Crippen LogP contribution in [0.3, 0.4) is 0 Å². The maximum Gasteiger partial charge on any atom is -0.0386 e. The predicted octanol–water partition coefficient (Wildman–Crippen LogP) is 6.30. The van der Waals surface area contributed by atoms with Crippen molar-refractivity contribution in [3.63, 3.8) is 0 Å². The van der Waals surface area contributed by atoms with Crippen LogP contribution in [-0.2, 0) is 0 Å². The lowest BCUT2D eigenvalue weighted by Crippen LogP contribution is -2.22. The van der Waals surface area contributed by atoms with Gasteiger partial charge in [0.2, 0.25) is 0 Å². The first kappa shape index (κ1) is 16.1. The Hall–Kier alpha value is 0. The summed E-state index contributed by atoms with van der Waals surface area (Å²) >= 11 is 0. The van der Waals surface area contributed by atoms with E-state index in [1.165, 1.54) is 51.4 Å². The smallest absolute Gasteiger partial charge is 0.0386 e. The van der Waals surface area contributed by atoms with Gasteiger partial charge < -0.3 is 0 Å². The molecule has 0 radical (unpaired) electrons. The van der Waals surface area contributed by atoms with Crippen LogP contribution < -0.4 is 0 Å². The second kappa shape index (κ2) is 8.23. The van der Waals surface area contributed by atoms with Gasteiger partial charge in [-0.05, 0) is 42.4 Å². The Morgan fingerprint density at radius 1 is 0.944 bits per heavy atom. The minimum Gasteiger partial charge on any atom is -0.0628 e. The molecule has 0 spiro atoms. The molecule has 0 N–H and O–H groups in total. The van der Waals surface area contributed by atoms with E-state index in [4.69, 9.17) is 0 Å². The average molecular weight is 252 g/mol. The molecular weight excluding hydrogens is 216 g/mol. The van der Waals surface area contributed by atoms with E-state index in [-0.39, 0.29) is 0 Å². The number of hydrogen-bond donors (Lipinski definition) is 0. The summed E-state index contributed by atoms with van der Waals surface area (Å²) in [5.41, 5.74) is 0. The molecule has 0 saturated heterocycles. The molecule has 1 rings (SSSR count). The SMILES string of the molecule is CC(C)CCC[C@H](C)CC[C@@H]1C[C@H](C)CC[C@@H]1C. The van der Waals surface area contributed by atoms with Gasteiger partial charge >= 0.3 is 0 Å². The Kier molecular flexibility index (Phi) is 7.34. The van der Waals surface area contributed by atoms with E-state index < -0.39 is 0 Å². The molecule has 0 bridgehead atoms. The first-order chi connectivity index (χ1) is 8.49. The van der Waals surface area contributed by atoms with E-state index in [1.807, 2.05) is 0 Å². The summed E-state index contributed by atoms with van der Waals surface area (Å²) in [5, 5.41) is 0. The third-order valence-corrected chi connectivity index (χ3v) is 5.13. The highest BCUT2D eigenvalue weighted by Crippen LogP contribution is 2.37. The summed E-state index contributed by atoms with van der Waals surface area (Å²) in [6.07, 6.45) is 11.7. The van der Waals surface area contributed by atoms with Gasteiger partial charge in [0.1, 0.15) is 0 Å². The predicted molar refractivity (Wildman–Crippen MR) is 82.8 cm³/mol. The van der Waals surface area contributed by atoms with Crippen molar-refractivity contribution in [2.75, 3.05) is 0 Å². The van der Waals surface area contributed by atoms with Crippen molar-refractivity contribution in [2.24, 2.45) is 29.6 Å². The van der Waals surface area contributed by atoms with Crippen LogP contribution >= 0.6 is 0 Å². The molecule has 1 aliphatic carbocycles. The van der Waals surface area contributed by atoms with Gasteiger partial charge in [0, 0.05) is 0 Å². The van der Waals surface area contributed by atoms with Crippen molar-refractivity contribution in [3.8, 4) is 0 Å². The first-order valence-corrected chi connectivity index (χ1v) is 8.49. The normalized spacial score (nSPS) is 30.7. The van der Waals surface area contributed by atoms with Crippen molar-refractivity contribution >= 4 is 0 Å². The largest absolute Gasteiger partial charge is 0.0628 e. The topological polar surface area (TPSA) is 0 Å². The van der Waals surface area contributed by atoms with Gasteiger partial charge in [-0.25, -0.2) is 0 Å². The summed E-state index contributed by atoms with van der Waals surface area (Å²) in [6, 6.07) is 0. The Labute approximate surface area is 116 Å².